The van der Waals surface area contributed by atoms with Crippen LogP contribution in [-0.4, -0.2) is 4.57 Å². The molecule has 0 unspecified atom stereocenters. The first-order valence-electron chi connectivity index (χ1n) is 9.95. The van der Waals surface area contributed by atoms with E-state index in [9.17, 15) is 0 Å². The van der Waals surface area contributed by atoms with Gasteiger partial charge in [-0.3, -0.25) is 0 Å². The van der Waals surface area contributed by atoms with Crippen molar-refractivity contribution in [1.29, 1.82) is 0 Å². The normalized spacial score (nSPS) is 11.8. The van der Waals surface area contributed by atoms with Crippen molar-refractivity contribution in [2.45, 2.75) is 26.3 Å². The average Bonchev–Trinajstić information content (AvgIpc) is 3.17. The summed E-state index contributed by atoms with van der Waals surface area (Å²) >= 11 is 14.1. The van der Waals surface area contributed by atoms with E-state index in [1.54, 1.807) is 11.3 Å². The SMILES string of the molecule is CCc1ccc(N=c2scc(-c3ccc(Cl)c(Cl)c3)n2CCc2ccccc2)cc1. The zero-order valence-corrected chi connectivity index (χ0v) is 19.0. The highest BCUT2D eigenvalue weighted by Crippen LogP contribution is 2.29. The Morgan fingerprint density at radius 1 is 0.867 bits per heavy atom. The van der Waals surface area contributed by atoms with Crippen molar-refractivity contribution in [3.8, 4) is 11.3 Å². The molecule has 152 valence electrons. The van der Waals surface area contributed by atoms with Gasteiger partial charge in [0.15, 0.2) is 4.80 Å². The molecular formula is C25H22Cl2N2S. The van der Waals surface area contributed by atoms with E-state index in [1.165, 1.54) is 11.1 Å². The number of thiazole rings is 1. The van der Waals surface area contributed by atoms with Crippen LogP contribution in [0.1, 0.15) is 18.1 Å². The third-order valence-electron chi connectivity index (χ3n) is 5.05. The highest BCUT2D eigenvalue weighted by Gasteiger charge is 2.10. The molecule has 0 bridgehead atoms. The lowest BCUT2D eigenvalue weighted by Gasteiger charge is -2.10. The van der Waals surface area contributed by atoms with Gasteiger partial charge in [-0.1, -0.05) is 78.7 Å². The second kappa shape index (κ2) is 9.65. The minimum atomic E-state index is 0.559. The molecule has 5 heteroatoms. The predicted molar refractivity (Wildman–Crippen MR) is 129 cm³/mol. The summed E-state index contributed by atoms with van der Waals surface area (Å²) in [6.07, 6.45) is 1.95. The number of halogens is 2. The maximum absolute atomic E-state index is 6.29. The number of hydrogen-bond acceptors (Lipinski definition) is 2. The van der Waals surface area contributed by atoms with Crippen LogP contribution in [-0.2, 0) is 19.4 Å². The molecule has 0 saturated heterocycles. The van der Waals surface area contributed by atoms with Gasteiger partial charge in [0.05, 0.1) is 21.4 Å². The first-order valence-corrected chi connectivity index (χ1v) is 11.6. The standard InChI is InChI=1S/C25H22Cl2N2S/c1-2-18-8-11-21(12-9-18)28-25-29(15-14-19-6-4-3-5-7-19)24(17-30-25)20-10-13-22(26)23(27)16-20/h3-13,16-17H,2,14-15H2,1H3. The van der Waals surface area contributed by atoms with E-state index >= 15 is 0 Å². The molecule has 0 aliphatic carbocycles. The van der Waals surface area contributed by atoms with Gasteiger partial charge in [-0.2, -0.15) is 0 Å². The molecule has 0 N–H and O–H groups in total. The Morgan fingerprint density at radius 2 is 1.63 bits per heavy atom. The summed E-state index contributed by atoms with van der Waals surface area (Å²) in [5.41, 5.74) is 5.71. The fourth-order valence-electron chi connectivity index (χ4n) is 3.32. The van der Waals surface area contributed by atoms with Crippen LogP contribution < -0.4 is 4.80 Å². The molecule has 0 amide bonds. The maximum atomic E-state index is 6.29. The van der Waals surface area contributed by atoms with Crippen LogP contribution in [0.3, 0.4) is 0 Å². The molecule has 0 aliphatic heterocycles. The van der Waals surface area contributed by atoms with E-state index < -0.39 is 0 Å². The molecule has 1 heterocycles. The molecule has 30 heavy (non-hydrogen) atoms. The van der Waals surface area contributed by atoms with Crippen LogP contribution in [0, 0.1) is 0 Å². The van der Waals surface area contributed by atoms with Gasteiger partial charge in [0.2, 0.25) is 0 Å². The van der Waals surface area contributed by atoms with Crippen LogP contribution in [0.2, 0.25) is 10.0 Å². The highest BCUT2D eigenvalue weighted by molar-refractivity contribution is 7.07. The molecule has 0 saturated carbocycles. The first-order chi connectivity index (χ1) is 14.6. The minimum absolute atomic E-state index is 0.559. The Bertz CT molecular complexity index is 1190. The van der Waals surface area contributed by atoms with Gasteiger partial charge in [-0.15, -0.1) is 11.3 Å². The zero-order valence-electron chi connectivity index (χ0n) is 16.7. The van der Waals surface area contributed by atoms with Crippen LogP contribution >= 0.6 is 34.5 Å². The molecule has 4 aromatic rings. The molecule has 1 aromatic heterocycles. The monoisotopic (exact) mass is 452 g/mol. The lowest BCUT2D eigenvalue weighted by molar-refractivity contribution is 0.684. The number of aromatic nitrogens is 1. The van der Waals surface area contributed by atoms with Gasteiger partial charge in [0.1, 0.15) is 0 Å². The van der Waals surface area contributed by atoms with E-state index in [0.717, 1.165) is 41.1 Å². The van der Waals surface area contributed by atoms with Crippen LogP contribution in [0.25, 0.3) is 11.3 Å². The highest BCUT2D eigenvalue weighted by atomic mass is 35.5. The van der Waals surface area contributed by atoms with Crippen LogP contribution in [0.15, 0.2) is 83.2 Å². The zero-order chi connectivity index (χ0) is 20.9. The molecular weight excluding hydrogens is 431 g/mol. The maximum Gasteiger partial charge on any atom is 0.190 e. The summed E-state index contributed by atoms with van der Waals surface area (Å²) in [6, 6.07) is 24.7. The first kappa shape index (κ1) is 20.9. The predicted octanol–water partition coefficient (Wildman–Crippen LogP) is 7.56. The summed E-state index contributed by atoms with van der Waals surface area (Å²) < 4.78 is 2.27. The molecule has 2 nitrogen and oxygen atoms in total. The Morgan fingerprint density at radius 3 is 2.33 bits per heavy atom. The summed E-state index contributed by atoms with van der Waals surface area (Å²) in [7, 11) is 0. The molecule has 3 aromatic carbocycles. The number of benzene rings is 3. The van der Waals surface area contributed by atoms with Gasteiger partial charge in [0, 0.05) is 17.5 Å². The Balaban J connectivity index is 1.75. The molecule has 4 rings (SSSR count). The van der Waals surface area contributed by atoms with Crippen molar-refractivity contribution < 1.29 is 0 Å². The minimum Gasteiger partial charge on any atom is -0.316 e. The Hall–Kier alpha value is -2.33. The largest absolute Gasteiger partial charge is 0.316 e. The van der Waals surface area contributed by atoms with E-state index in [0.29, 0.717) is 10.0 Å². The van der Waals surface area contributed by atoms with Crippen molar-refractivity contribution in [2.75, 3.05) is 0 Å². The van der Waals surface area contributed by atoms with Crippen molar-refractivity contribution >= 4 is 40.2 Å². The topological polar surface area (TPSA) is 17.3 Å². The summed E-state index contributed by atoms with van der Waals surface area (Å²) in [4.78, 5) is 5.91. The smallest absolute Gasteiger partial charge is 0.190 e. The van der Waals surface area contributed by atoms with E-state index in [4.69, 9.17) is 28.2 Å². The summed E-state index contributed by atoms with van der Waals surface area (Å²) in [5, 5.41) is 3.26. The van der Waals surface area contributed by atoms with Gasteiger partial charge < -0.3 is 4.57 Å². The van der Waals surface area contributed by atoms with Gasteiger partial charge in [-0.25, -0.2) is 4.99 Å². The van der Waals surface area contributed by atoms with E-state index in [-0.39, 0.29) is 0 Å². The second-order valence-corrected chi connectivity index (χ2v) is 8.70. The quantitative estimate of drug-likeness (QED) is 0.287. The Kier molecular flexibility index (Phi) is 6.73. The average molecular weight is 453 g/mol. The van der Waals surface area contributed by atoms with Crippen molar-refractivity contribution in [2.24, 2.45) is 4.99 Å². The number of rotatable bonds is 6. The molecule has 0 fully saturated rings. The number of aryl methyl sites for hydroxylation is 2. The molecule has 0 spiro atoms. The van der Waals surface area contributed by atoms with Gasteiger partial charge >= 0.3 is 0 Å². The van der Waals surface area contributed by atoms with Crippen molar-refractivity contribution in [3.05, 3.63) is 104 Å². The third kappa shape index (κ3) is 4.86. The Labute approximate surface area is 191 Å². The van der Waals surface area contributed by atoms with Gasteiger partial charge in [-0.05, 0) is 48.2 Å². The lowest BCUT2D eigenvalue weighted by Crippen LogP contribution is -2.17. The fraction of sp³-hybridized carbons (Fsp3) is 0.160. The van der Waals surface area contributed by atoms with Crippen molar-refractivity contribution in [1.82, 2.24) is 4.57 Å². The lowest BCUT2D eigenvalue weighted by atomic mass is 10.1. The van der Waals surface area contributed by atoms with Crippen LogP contribution in [0.5, 0.6) is 0 Å². The second-order valence-electron chi connectivity index (χ2n) is 7.05. The molecule has 0 aliphatic rings. The summed E-state index contributed by atoms with van der Waals surface area (Å²) in [5.74, 6) is 0. The van der Waals surface area contributed by atoms with Crippen molar-refractivity contribution in [3.63, 3.8) is 0 Å². The molecule has 0 atom stereocenters. The van der Waals surface area contributed by atoms with E-state index in [2.05, 4.69) is 65.4 Å². The molecule has 0 radical (unpaired) electrons. The van der Waals surface area contributed by atoms with E-state index in [1.807, 2.05) is 24.3 Å². The summed E-state index contributed by atoms with van der Waals surface area (Å²) in [6.45, 7) is 2.99. The third-order valence-corrected chi connectivity index (χ3v) is 6.65. The number of nitrogens with zero attached hydrogens (tertiary/aromatic N) is 2. The van der Waals surface area contributed by atoms with Gasteiger partial charge in [0.25, 0.3) is 0 Å². The fourth-order valence-corrected chi connectivity index (χ4v) is 4.58. The number of hydrogen-bond donors (Lipinski definition) is 0. The van der Waals surface area contributed by atoms with Crippen LogP contribution in [0.4, 0.5) is 5.69 Å².